The third-order valence-electron chi connectivity index (χ3n) is 6.04. The number of anilines is 1. The first-order chi connectivity index (χ1) is 16.1. The average Bonchev–Trinajstić information content (AvgIpc) is 3.51. The van der Waals surface area contributed by atoms with Gasteiger partial charge < -0.3 is 5.32 Å². The summed E-state index contributed by atoms with van der Waals surface area (Å²) in [5.74, 6) is 0.390. The smallest absolute Gasteiger partial charge is 0.255 e. The second-order valence-corrected chi connectivity index (χ2v) is 9.13. The summed E-state index contributed by atoms with van der Waals surface area (Å²) in [6.45, 7) is 1.99. The lowest BCUT2D eigenvalue weighted by Gasteiger charge is -2.17. The van der Waals surface area contributed by atoms with Crippen molar-refractivity contribution < 1.29 is 4.79 Å². The number of carbonyl (C=O) groups is 1. The normalized spacial score (nSPS) is 14.0. The Morgan fingerprint density at radius 2 is 2.00 bits per heavy atom. The molecule has 1 aliphatic carbocycles. The molecule has 0 spiro atoms. The van der Waals surface area contributed by atoms with Crippen molar-refractivity contribution in [1.82, 2.24) is 19.7 Å². The number of aromatic amines is 1. The van der Waals surface area contributed by atoms with Crippen molar-refractivity contribution in [2.45, 2.75) is 44.9 Å². The Labute approximate surface area is 195 Å². The minimum absolute atomic E-state index is 0.122. The zero-order valence-corrected chi connectivity index (χ0v) is 19.2. The molecule has 2 N–H and O–H groups in total. The monoisotopic (exact) mass is 459 g/mol. The highest BCUT2D eigenvalue weighted by atomic mass is 32.1. The number of thiophene rings is 1. The number of hydrogen-bond donors (Lipinski definition) is 2. The first-order valence-corrected chi connectivity index (χ1v) is 12.1. The Morgan fingerprint density at radius 3 is 2.76 bits per heavy atom. The molecule has 1 aromatic carbocycles. The summed E-state index contributed by atoms with van der Waals surface area (Å²) in [6, 6.07) is 15.5. The molecule has 0 unspecified atom stereocenters. The van der Waals surface area contributed by atoms with E-state index in [1.165, 1.54) is 0 Å². The quantitative estimate of drug-likeness (QED) is 0.437. The molecule has 33 heavy (non-hydrogen) atoms. The molecule has 0 saturated carbocycles. The van der Waals surface area contributed by atoms with E-state index in [9.17, 15) is 9.59 Å². The van der Waals surface area contributed by atoms with Crippen LogP contribution in [0, 0.1) is 0 Å². The summed E-state index contributed by atoms with van der Waals surface area (Å²) in [5, 5.41) is 9.73. The number of amides is 1. The van der Waals surface area contributed by atoms with Crippen molar-refractivity contribution in [3.05, 3.63) is 81.1 Å². The number of rotatable bonds is 6. The maximum atomic E-state index is 13.3. The van der Waals surface area contributed by atoms with Gasteiger partial charge in [0.25, 0.3) is 5.56 Å². The minimum Gasteiger partial charge on any atom is -0.310 e. The fourth-order valence-corrected chi connectivity index (χ4v) is 5.02. The topological polar surface area (TPSA) is 92.7 Å². The van der Waals surface area contributed by atoms with Gasteiger partial charge in [-0.25, -0.2) is 4.98 Å². The second-order valence-electron chi connectivity index (χ2n) is 8.19. The minimum atomic E-state index is -0.296. The summed E-state index contributed by atoms with van der Waals surface area (Å²) >= 11 is 1.56. The molecule has 0 radical (unpaired) electrons. The lowest BCUT2D eigenvalue weighted by atomic mass is 9.96. The number of nitrogens with one attached hydrogen (secondary N) is 2. The lowest BCUT2D eigenvalue weighted by Crippen LogP contribution is -2.26. The molecule has 0 fully saturated rings. The van der Waals surface area contributed by atoms with Crippen LogP contribution in [0.25, 0.3) is 16.5 Å². The van der Waals surface area contributed by atoms with E-state index in [2.05, 4.69) is 10.3 Å². The number of aryl methyl sites for hydroxylation is 1. The molecule has 5 rings (SSSR count). The van der Waals surface area contributed by atoms with Crippen LogP contribution in [-0.2, 0) is 17.6 Å². The first kappa shape index (κ1) is 21.3. The van der Waals surface area contributed by atoms with Crippen LogP contribution in [0.5, 0.6) is 0 Å². The van der Waals surface area contributed by atoms with Gasteiger partial charge >= 0.3 is 0 Å². The maximum absolute atomic E-state index is 13.3. The van der Waals surface area contributed by atoms with Crippen molar-refractivity contribution >= 4 is 23.1 Å². The molecule has 4 aromatic rings. The maximum Gasteiger partial charge on any atom is 0.255 e. The van der Waals surface area contributed by atoms with Crippen LogP contribution >= 0.6 is 11.3 Å². The highest BCUT2D eigenvalue weighted by Gasteiger charge is 2.23. The van der Waals surface area contributed by atoms with Crippen LogP contribution in [0.2, 0.25) is 0 Å². The average molecular weight is 460 g/mol. The van der Waals surface area contributed by atoms with Crippen LogP contribution in [0.4, 0.5) is 5.82 Å². The molecule has 7 nitrogen and oxygen atoms in total. The Kier molecular flexibility index (Phi) is 5.92. The van der Waals surface area contributed by atoms with Crippen molar-refractivity contribution in [3.63, 3.8) is 0 Å². The van der Waals surface area contributed by atoms with E-state index in [0.29, 0.717) is 23.9 Å². The number of fused-ring (bicyclic) bond motifs is 1. The van der Waals surface area contributed by atoms with Crippen LogP contribution in [0.3, 0.4) is 0 Å². The largest absolute Gasteiger partial charge is 0.310 e. The standard InChI is InChI=1S/C25H25N5O2S/c1-2-17(16-9-4-3-5-10-16)23(31)27-22-15-20(21-13-8-14-33-21)29-30(22)25-26-19-12-7-6-11-18(19)24(32)28-25/h3-5,8-10,13-15,17H,2,6-7,11-12H2,1H3,(H,27,31)(H,26,28,32)/t17-/m0/s1. The fourth-order valence-electron chi connectivity index (χ4n) is 4.34. The SMILES string of the molecule is CC[C@H](C(=O)Nc1cc(-c2cccs2)nn1-c1nc2c(c(=O)[nH]1)CCCC2)c1ccccc1. The van der Waals surface area contributed by atoms with E-state index < -0.39 is 0 Å². The molecule has 1 atom stereocenters. The van der Waals surface area contributed by atoms with Crippen molar-refractivity contribution in [1.29, 1.82) is 0 Å². The number of H-pyrrole nitrogens is 1. The molecule has 3 aromatic heterocycles. The third kappa shape index (κ3) is 4.26. The lowest BCUT2D eigenvalue weighted by molar-refractivity contribution is -0.117. The number of nitrogens with zero attached hydrogens (tertiary/aromatic N) is 3. The molecule has 1 aliphatic rings. The summed E-state index contributed by atoms with van der Waals surface area (Å²) in [6.07, 6.45) is 4.20. The van der Waals surface area contributed by atoms with Gasteiger partial charge in [-0.3, -0.25) is 14.6 Å². The third-order valence-corrected chi connectivity index (χ3v) is 6.93. The van der Waals surface area contributed by atoms with Crippen LogP contribution < -0.4 is 10.9 Å². The highest BCUT2D eigenvalue weighted by molar-refractivity contribution is 7.13. The van der Waals surface area contributed by atoms with E-state index in [1.807, 2.05) is 60.8 Å². The van der Waals surface area contributed by atoms with Crippen LogP contribution in [0.15, 0.2) is 58.7 Å². The predicted molar refractivity (Wildman–Crippen MR) is 130 cm³/mol. The number of aromatic nitrogens is 4. The number of benzene rings is 1. The van der Waals surface area contributed by atoms with E-state index >= 15 is 0 Å². The van der Waals surface area contributed by atoms with E-state index in [-0.39, 0.29) is 17.4 Å². The summed E-state index contributed by atoms with van der Waals surface area (Å²) in [7, 11) is 0. The number of carbonyl (C=O) groups excluding carboxylic acids is 1. The summed E-state index contributed by atoms with van der Waals surface area (Å²) < 4.78 is 1.54. The predicted octanol–water partition coefficient (Wildman–Crippen LogP) is 4.70. The molecular formula is C25H25N5O2S. The Hall–Kier alpha value is -3.52. The van der Waals surface area contributed by atoms with E-state index in [4.69, 9.17) is 10.1 Å². The zero-order valence-electron chi connectivity index (χ0n) is 18.4. The zero-order chi connectivity index (χ0) is 22.8. The Balaban J connectivity index is 1.55. The van der Waals surface area contributed by atoms with Gasteiger partial charge in [-0.15, -0.1) is 11.3 Å². The molecule has 1 amide bonds. The van der Waals surface area contributed by atoms with E-state index in [0.717, 1.165) is 47.4 Å². The van der Waals surface area contributed by atoms with Crippen molar-refractivity contribution in [2.24, 2.45) is 0 Å². The molecule has 3 heterocycles. The summed E-state index contributed by atoms with van der Waals surface area (Å²) in [5.41, 5.74) is 3.13. The van der Waals surface area contributed by atoms with E-state index in [1.54, 1.807) is 16.0 Å². The van der Waals surface area contributed by atoms with Crippen LogP contribution in [0.1, 0.15) is 48.9 Å². The van der Waals surface area contributed by atoms with Gasteiger partial charge in [0.2, 0.25) is 11.9 Å². The molecule has 0 aliphatic heterocycles. The van der Waals surface area contributed by atoms with Gasteiger partial charge in [0.15, 0.2) is 0 Å². The van der Waals surface area contributed by atoms with Gasteiger partial charge in [-0.1, -0.05) is 43.3 Å². The van der Waals surface area contributed by atoms with Gasteiger partial charge in [0, 0.05) is 11.6 Å². The first-order valence-electron chi connectivity index (χ1n) is 11.3. The number of hydrogen-bond acceptors (Lipinski definition) is 5. The van der Waals surface area contributed by atoms with Crippen molar-refractivity contribution in [3.8, 4) is 16.5 Å². The summed E-state index contributed by atoms with van der Waals surface area (Å²) in [4.78, 5) is 34.6. The van der Waals surface area contributed by atoms with Gasteiger partial charge in [-0.2, -0.15) is 9.78 Å². The fraction of sp³-hybridized carbons (Fsp3) is 0.280. The van der Waals surface area contributed by atoms with Gasteiger partial charge in [-0.05, 0) is 49.1 Å². The molecule has 8 heteroatoms. The molecule has 0 saturated heterocycles. The van der Waals surface area contributed by atoms with Crippen molar-refractivity contribution in [2.75, 3.05) is 5.32 Å². The Bertz CT molecular complexity index is 1320. The van der Waals surface area contributed by atoms with Gasteiger partial charge in [0.05, 0.1) is 16.5 Å². The Morgan fingerprint density at radius 1 is 1.18 bits per heavy atom. The van der Waals surface area contributed by atoms with Gasteiger partial charge in [0.1, 0.15) is 11.5 Å². The molecular weight excluding hydrogens is 434 g/mol. The van der Waals surface area contributed by atoms with Crippen LogP contribution in [-0.4, -0.2) is 25.7 Å². The molecule has 168 valence electrons. The highest BCUT2D eigenvalue weighted by Crippen LogP contribution is 2.29. The molecule has 0 bridgehead atoms. The second kappa shape index (κ2) is 9.15.